The SMILES string of the molecule is COCCN1CC[C@H](C(=O)N2CCN(c3ccccc3)CC2)C1. The summed E-state index contributed by atoms with van der Waals surface area (Å²) < 4.78 is 5.13. The number of likely N-dealkylation sites (tertiary alicyclic amines) is 1. The summed E-state index contributed by atoms with van der Waals surface area (Å²) in [5.41, 5.74) is 1.26. The van der Waals surface area contributed by atoms with E-state index in [-0.39, 0.29) is 5.92 Å². The quantitative estimate of drug-likeness (QED) is 0.820. The first-order valence-corrected chi connectivity index (χ1v) is 8.58. The van der Waals surface area contributed by atoms with E-state index in [9.17, 15) is 4.79 Å². The number of para-hydroxylation sites is 1. The minimum Gasteiger partial charge on any atom is -0.383 e. The van der Waals surface area contributed by atoms with Gasteiger partial charge < -0.3 is 19.4 Å². The monoisotopic (exact) mass is 317 g/mol. The van der Waals surface area contributed by atoms with Crippen molar-refractivity contribution in [2.24, 2.45) is 5.92 Å². The second kappa shape index (κ2) is 7.79. The van der Waals surface area contributed by atoms with E-state index in [4.69, 9.17) is 4.74 Å². The van der Waals surface area contributed by atoms with Gasteiger partial charge in [-0.2, -0.15) is 0 Å². The van der Waals surface area contributed by atoms with Crippen molar-refractivity contribution < 1.29 is 9.53 Å². The molecule has 5 heteroatoms. The molecule has 0 radical (unpaired) electrons. The minimum atomic E-state index is 0.176. The van der Waals surface area contributed by atoms with Gasteiger partial charge in [-0.25, -0.2) is 0 Å². The van der Waals surface area contributed by atoms with Gasteiger partial charge in [0.05, 0.1) is 12.5 Å². The van der Waals surface area contributed by atoms with Gasteiger partial charge in [0.2, 0.25) is 5.91 Å². The van der Waals surface area contributed by atoms with E-state index in [0.717, 1.165) is 58.8 Å². The van der Waals surface area contributed by atoms with Crippen LogP contribution in [0.15, 0.2) is 30.3 Å². The zero-order valence-corrected chi connectivity index (χ0v) is 14.0. The third kappa shape index (κ3) is 4.03. The number of carbonyl (C=O) groups excluding carboxylic acids is 1. The molecule has 1 aromatic rings. The molecular formula is C18H27N3O2. The fraction of sp³-hybridized carbons (Fsp3) is 0.611. The highest BCUT2D eigenvalue weighted by molar-refractivity contribution is 5.79. The molecule has 1 amide bonds. The predicted molar refractivity (Wildman–Crippen MR) is 91.7 cm³/mol. The summed E-state index contributed by atoms with van der Waals surface area (Å²) in [5, 5.41) is 0. The van der Waals surface area contributed by atoms with E-state index >= 15 is 0 Å². The van der Waals surface area contributed by atoms with Crippen LogP contribution in [0.2, 0.25) is 0 Å². The van der Waals surface area contributed by atoms with Crippen molar-refractivity contribution in [1.82, 2.24) is 9.80 Å². The number of rotatable bonds is 5. The minimum absolute atomic E-state index is 0.176. The highest BCUT2D eigenvalue weighted by Crippen LogP contribution is 2.21. The van der Waals surface area contributed by atoms with Crippen molar-refractivity contribution in [3.63, 3.8) is 0 Å². The summed E-state index contributed by atoms with van der Waals surface area (Å²) in [6.07, 6.45) is 0.988. The standard InChI is InChI=1S/C18H27N3O2/c1-23-14-13-19-8-7-16(15-19)18(22)21-11-9-20(10-12-21)17-5-3-2-4-6-17/h2-6,16H,7-15H2,1H3/t16-/m0/s1. The molecule has 5 nitrogen and oxygen atoms in total. The van der Waals surface area contributed by atoms with E-state index in [1.54, 1.807) is 7.11 Å². The molecule has 1 atom stereocenters. The number of hydrogen-bond acceptors (Lipinski definition) is 4. The molecule has 2 aliphatic heterocycles. The van der Waals surface area contributed by atoms with Crippen LogP contribution in [-0.2, 0) is 9.53 Å². The highest BCUT2D eigenvalue weighted by atomic mass is 16.5. The van der Waals surface area contributed by atoms with Crippen molar-refractivity contribution >= 4 is 11.6 Å². The van der Waals surface area contributed by atoms with Crippen LogP contribution in [0.25, 0.3) is 0 Å². The van der Waals surface area contributed by atoms with Crippen LogP contribution < -0.4 is 4.90 Å². The smallest absolute Gasteiger partial charge is 0.227 e. The molecule has 1 aromatic carbocycles. The Kier molecular flexibility index (Phi) is 5.51. The lowest BCUT2D eigenvalue weighted by Gasteiger charge is -2.37. The number of hydrogen-bond donors (Lipinski definition) is 0. The Bertz CT molecular complexity index is 500. The van der Waals surface area contributed by atoms with Gasteiger partial charge >= 0.3 is 0 Å². The summed E-state index contributed by atoms with van der Waals surface area (Å²) in [4.78, 5) is 19.5. The fourth-order valence-corrected chi connectivity index (χ4v) is 3.54. The third-order valence-electron chi connectivity index (χ3n) is 4.95. The lowest BCUT2D eigenvalue weighted by atomic mass is 10.1. The number of anilines is 1. The molecule has 0 bridgehead atoms. The van der Waals surface area contributed by atoms with Crippen LogP contribution in [0.1, 0.15) is 6.42 Å². The Balaban J connectivity index is 1.47. The maximum absolute atomic E-state index is 12.7. The van der Waals surface area contributed by atoms with Crippen LogP contribution in [0.5, 0.6) is 0 Å². The number of nitrogens with zero attached hydrogens (tertiary/aromatic N) is 3. The van der Waals surface area contributed by atoms with Gasteiger partial charge in [-0.3, -0.25) is 4.79 Å². The zero-order valence-electron chi connectivity index (χ0n) is 14.0. The third-order valence-corrected chi connectivity index (χ3v) is 4.95. The Morgan fingerprint density at radius 1 is 1.13 bits per heavy atom. The van der Waals surface area contributed by atoms with Gasteiger partial charge in [0.15, 0.2) is 0 Å². The molecule has 0 aromatic heterocycles. The van der Waals surface area contributed by atoms with Crippen molar-refractivity contribution in [3.05, 3.63) is 30.3 Å². The molecule has 0 aliphatic carbocycles. The number of carbonyl (C=O) groups is 1. The molecule has 0 saturated carbocycles. The zero-order chi connectivity index (χ0) is 16.1. The van der Waals surface area contributed by atoms with Crippen LogP contribution in [-0.4, -0.2) is 75.2 Å². The van der Waals surface area contributed by atoms with Crippen molar-refractivity contribution in [2.45, 2.75) is 6.42 Å². The van der Waals surface area contributed by atoms with Crippen LogP contribution in [0.3, 0.4) is 0 Å². The lowest BCUT2D eigenvalue weighted by molar-refractivity contribution is -0.135. The molecular weight excluding hydrogens is 290 g/mol. The van der Waals surface area contributed by atoms with Gasteiger partial charge in [-0.15, -0.1) is 0 Å². The number of methoxy groups -OCH3 is 1. The number of piperazine rings is 1. The molecule has 23 heavy (non-hydrogen) atoms. The molecule has 2 aliphatic rings. The van der Waals surface area contributed by atoms with E-state index in [1.807, 2.05) is 6.07 Å². The molecule has 2 heterocycles. The Hall–Kier alpha value is -1.59. The average Bonchev–Trinajstić information content (AvgIpc) is 3.09. The molecule has 2 saturated heterocycles. The number of benzene rings is 1. The fourth-order valence-electron chi connectivity index (χ4n) is 3.54. The second-order valence-electron chi connectivity index (χ2n) is 6.43. The van der Waals surface area contributed by atoms with E-state index < -0.39 is 0 Å². The summed E-state index contributed by atoms with van der Waals surface area (Å²) in [7, 11) is 1.73. The van der Waals surface area contributed by atoms with Crippen LogP contribution in [0.4, 0.5) is 5.69 Å². The summed E-state index contributed by atoms with van der Waals surface area (Å²) in [5.74, 6) is 0.521. The van der Waals surface area contributed by atoms with Crippen LogP contribution >= 0.6 is 0 Å². The first-order valence-electron chi connectivity index (χ1n) is 8.58. The average molecular weight is 317 g/mol. The largest absolute Gasteiger partial charge is 0.383 e. The maximum Gasteiger partial charge on any atom is 0.227 e. The Labute approximate surface area is 138 Å². The second-order valence-corrected chi connectivity index (χ2v) is 6.43. The van der Waals surface area contributed by atoms with E-state index in [1.165, 1.54) is 5.69 Å². The van der Waals surface area contributed by atoms with Gasteiger partial charge in [0, 0.05) is 52.1 Å². The van der Waals surface area contributed by atoms with E-state index in [2.05, 4.69) is 39.0 Å². The Morgan fingerprint density at radius 2 is 1.87 bits per heavy atom. The molecule has 2 fully saturated rings. The topological polar surface area (TPSA) is 36.0 Å². The van der Waals surface area contributed by atoms with Crippen molar-refractivity contribution in [3.8, 4) is 0 Å². The van der Waals surface area contributed by atoms with Crippen molar-refractivity contribution in [1.29, 1.82) is 0 Å². The van der Waals surface area contributed by atoms with E-state index in [0.29, 0.717) is 5.91 Å². The number of amides is 1. The first kappa shape index (κ1) is 16.3. The highest BCUT2D eigenvalue weighted by Gasteiger charge is 2.32. The summed E-state index contributed by atoms with van der Waals surface area (Å²) in [6, 6.07) is 10.5. The van der Waals surface area contributed by atoms with Crippen LogP contribution in [0, 0.1) is 5.92 Å². The maximum atomic E-state index is 12.7. The summed E-state index contributed by atoms with van der Waals surface area (Å²) >= 11 is 0. The predicted octanol–water partition coefficient (Wildman–Crippen LogP) is 1.30. The van der Waals surface area contributed by atoms with Crippen molar-refractivity contribution in [2.75, 3.05) is 64.4 Å². The summed E-state index contributed by atoms with van der Waals surface area (Å²) in [6.45, 7) is 7.11. The molecule has 126 valence electrons. The number of ether oxygens (including phenoxy) is 1. The van der Waals surface area contributed by atoms with Gasteiger partial charge in [0.25, 0.3) is 0 Å². The van der Waals surface area contributed by atoms with Gasteiger partial charge in [-0.1, -0.05) is 18.2 Å². The van der Waals surface area contributed by atoms with Gasteiger partial charge in [0.1, 0.15) is 0 Å². The molecule has 0 spiro atoms. The van der Waals surface area contributed by atoms with Gasteiger partial charge in [-0.05, 0) is 25.1 Å². The molecule has 0 N–H and O–H groups in total. The molecule has 0 unspecified atom stereocenters. The molecule has 3 rings (SSSR count). The normalized spacial score (nSPS) is 22.6. The lowest BCUT2D eigenvalue weighted by Crippen LogP contribution is -2.50. The first-order chi connectivity index (χ1) is 11.3. The Morgan fingerprint density at radius 3 is 2.57 bits per heavy atom.